The van der Waals surface area contributed by atoms with Crippen LogP contribution in [0.2, 0.25) is 0 Å². The predicted molar refractivity (Wildman–Crippen MR) is 101 cm³/mol. The van der Waals surface area contributed by atoms with Gasteiger partial charge in [0.1, 0.15) is 28.7 Å². The Kier molecular flexibility index (Phi) is 5.00. The third-order valence-corrected chi connectivity index (χ3v) is 4.38. The van der Waals surface area contributed by atoms with Gasteiger partial charge in [-0.15, -0.1) is 0 Å². The molecule has 7 heteroatoms. The van der Waals surface area contributed by atoms with Crippen LogP contribution in [0.5, 0.6) is 11.5 Å². The van der Waals surface area contributed by atoms with Crippen LogP contribution in [0.1, 0.15) is 31.9 Å². The molecule has 2 aromatic rings. The van der Waals surface area contributed by atoms with Gasteiger partial charge in [-0.05, 0) is 50.3 Å². The van der Waals surface area contributed by atoms with Gasteiger partial charge in [0.05, 0.1) is 18.8 Å². The van der Waals surface area contributed by atoms with Gasteiger partial charge in [0.15, 0.2) is 5.11 Å². The second kappa shape index (κ2) is 7.07. The summed E-state index contributed by atoms with van der Waals surface area (Å²) in [6.45, 7) is 3.97. The van der Waals surface area contributed by atoms with Crippen molar-refractivity contribution in [3.63, 3.8) is 0 Å². The predicted octanol–water partition coefficient (Wildman–Crippen LogP) is 4.56. The number of benzene rings is 2. The number of nitrogens with one attached hydrogen (secondary N) is 2. The summed E-state index contributed by atoms with van der Waals surface area (Å²) < 4.78 is 38.1. The highest BCUT2D eigenvalue weighted by atomic mass is 32.1. The second-order valence-corrected chi connectivity index (χ2v) is 7.15. The molecule has 2 N–H and O–H groups in total. The number of thiocarbonyl (C=S) groups is 1. The van der Waals surface area contributed by atoms with E-state index in [2.05, 4.69) is 10.6 Å². The zero-order valence-electron chi connectivity index (χ0n) is 14.7. The molecule has 1 aliphatic rings. The van der Waals surface area contributed by atoms with Gasteiger partial charge in [0, 0.05) is 24.1 Å². The SMILES string of the molecule is COc1ccc2c(c1)OC(C)(C)C[C@@H]2NC(=S)Nc1ccc(F)cc1F. The Morgan fingerprint density at radius 1 is 1.23 bits per heavy atom. The lowest BCUT2D eigenvalue weighted by atomic mass is 9.89. The van der Waals surface area contributed by atoms with Crippen LogP contribution in [0, 0.1) is 11.6 Å². The van der Waals surface area contributed by atoms with Crippen molar-refractivity contribution in [2.75, 3.05) is 12.4 Å². The van der Waals surface area contributed by atoms with Crippen molar-refractivity contribution < 1.29 is 18.3 Å². The first-order chi connectivity index (χ1) is 12.3. The number of methoxy groups -OCH3 is 1. The van der Waals surface area contributed by atoms with E-state index >= 15 is 0 Å². The van der Waals surface area contributed by atoms with Crippen LogP contribution >= 0.6 is 12.2 Å². The third kappa shape index (κ3) is 4.04. The van der Waals surface area contributed by atoms with Crippen LogP contribution in [-0.4, -0.2) is 17.8 Å². The fourth-order valence-corrected chi connectivity index (χ4v) is 3.25. The fourth-order valence-electron chi connectivity index (χ4n) is 3.00. The van der Waals surface area contributed by atoms with Gasteiger partial charge in [-0.3, -0.25) is 0 Å². The molecular weight excluding hydrogens is 358 g/mol. The molecule has 4 nitrogen and oxygen atoms in total. The van der Waals surface area contributed by atoms with E-state index in [1.165, 1.54) is 12.1 Å². The Balaban J connectivity index is 1.79. The van der Waals surface area contributed by atoms with E-state index in [-0.39, 0.29) is 16.8 Å². The normalized spacial score (nSPS) is 17.7. The maximum atomic E-state index is 13.8. The van der Waals surface area contributed by atoms with Crippen molar-refractivity contribution in [2.24, 2.45) is 0 Å². The number of ether oxygens (including phenoxy) is 2. The van der Waals surface area contributed by atoms with Crippen LogP contribution in [0.15, 0.2) is 36.4 Å². The molecule has 26 heavy (non-hydrogen) atoms. The minimum Gasteiger partial charge on any atom is -0.497 e. The summed E-state index contributed by atoms with van der Waals surface area (Å²) in [4.78, 5) is 0. The maximum absolute atomic E-state index is 13.8. The molecule has 0 amide bonds. The lowest BCUT2D eigenvalue weighted by molar-refractivity contribution is 0.0693. The highest BCUT2D eigenvalue weighted by molar-refractivity contribution is 7.80. The Morgan fingerprint density at radius 3 is 2.69 bits per heavy atom. The van der Waals surface area contributed by atoms with E-state index in [0.717, 1.165) is 11.6 Å². The van der Waals surface area contributed by atoms with E-state index < -0.39 is 17.2 Å². The minimum absolute atomic E-state index is 0.116. The van der Waals surface area contributed by atoms with Crippen LogP contribution < -0.4 is 20.1 Å². The summed E-state index contributed by atoms with van der Waals surface area (Å²) in [6, 6.07) is 8.78. The number of halogens is 2. The minimum atomic E-state index is -0.702. The summed E-state index contributed by atoms with van der Waals surface area (Å²) in [5, 5.41) is 6.23. The van der Waals surface area contributed by atoms with Crippen molar-refractivity contribution in [2.45, 2.75) is 31.9 Å². The van der Waals surface area contributed by atoms with Crippen LogP contribution in [0.25, 0.3) is 0 Å². The molecule has 0 spiro atoms. The van der Waals surface area contributed by atoms with Gasteiger partial charge in [-0.2, -0.15) is 0 Å². The van der Waals surface area contributed by atoms with Gasteiger partial charge >= 0.3 is 0 Å². The molecule has 0 fully saturated rings. The van der Waals surface area contributed by atoms with Crippen LogP contribution in [0.3, 0.4) is 0 Å². The summed E-state index contributed by atoms with van der Waals surface area (Å²) in [7, 11) is 1.60. The monoisotopic (exact) mass is 378 g/mol. The number of fused-ring (bicyclic) bond motifs is 1. The molecule has 1 aliphatic heterocycles. The van der Waals surface area contributed by atoms with E-state index in [0.29, 0.717) is 17.9 Å². The molecule has 3 rings (SSSR count). The van der Waals surface area contributed by atoms with Gasteiger partial charge in [0.2, 0.25) is 0 Å². The molecule has 138 valence electrons. The molecular formula is C19H20F2N2O2S. The molecule has 1 heterocycles. The average Bonchev–Trinajstić information content (AvgIpc) is 2.55. The van der Waals surface area contributed by atoms with Crippen molar-refractivity contribution in [1.82, 2.24) is 5.32 Å². The van der Waals surface area contributed by atoms with Crippen molar-refractivity contribution in [3.05, 3.63) is 53.6 Å². The van der Waals surface area contributed by atoms with Crippen molar-refractivity contribution in [1.29, 1.82) is 0 Å². The molecule has 0 saturated heterocycles. The van der Waals surface area contributed by atoms with Crippen molar-refractivity contribution in [3.8, 4) is 11.5 Å². The highest BCUT2D eigenvalue weighted by Crippen LogP contribution is 2.41. The molecule has 0 unspecified atom stereocenters. The van der Waals surface area contributed by atoms with Gasteiger partial charge in [0.25, 0.3) is 0 Å². The Hall–Kier alpha value is -2.41. The lowest BCUT2D eigenvalue weighted by Gasteiger charge is -2.38. The highest BCUT2D eigenvalue weighted by Gasteiger charge is 2.34. The number of rotatable bonds is 3. The topological polar surface area (TPSA) is 42.5 Å². The maximum Gasteiger partial charge on any atom is 0.171 e. The largest absolute Gasteiger partial charge is 0.497 e. The number of hydrogen-bond donors (Lipinski definition) is 2. The molecule has 0 aliphatic carbocycles. The van der Waals surface area contributed by atoms with Crippen LogP contribution in [0.4, 0.5) is 14.5 Å². The number of hydrogen-bond acceptors (Lipinski definition) is 3. The standard InChI is InChI=1S/C19H20F2N2O2S/c1-19(2)10-16(13-6-5-12(24-3)9-17(13)25-19)23-18(26)22-15-7-4-11(20)8-14(15)21/h4-9,16H,10H2,1-3H3,(H2,22,23,26)/t16-/m0/s1. The van der Waals surface area contributed by atoms with E-state index in [1.54, 1.807) is 7.11 Å². The smallest absolute Gasteiger partial charge is 0.171 e. The van der Waals surface area contributed by atoms with Crippen LogP contribution in [-0.2, 0) is 0 Å². The third-order valence-electron chi connectivity index (χ3n) is 4.16. The lowest BCUT2D eigenvalue weighted by Crippen LogP contribution is -2.42. The zero-order chi connectivity index (χ0) is 18.9. The molecule has 1 atom stereocenters. The number of anilines is 1. The Morgan fingerprint density at radius 2 is 2.00 bits per heavy atom. The molecule has 0 radical (unpaired) electrons. The fraction of sp³-hybridized carbons (Fsp3) is 0.316. The molecule has 2 aromatic carbocycles. The van der Waals surface area contributed by atoms with E-state index in [4.69, 9.17) is 21.7 Å². The van der Waals surface area contributed by atoms with Gasteiger partial charge in [-0.1, -0.05) is 0 Å². The average molecular weight is 378 g/mol. The Labute approximate surface area is 156 Å². The molecule has 0 saturated carbocycles. The first kappa shape index (κ1) is 18.4. The second-order valence-electron chi connectivity index (χ2n) is 6.74. The van der Waals surface area contributed by atoms with Gasteiger partial charge in [-0.25, -0.2) is 8.78 Å². The van der Waals surface area contributed by atoms with E-state index in [9.17, 15) is 8.78 Å². The quantitative estimate of drug-likeness (QED) is 0.767. The first-order valence-electron chi connectivity index (χ1n) is 8.17. The van der Waals surface area contributed by atoms with Gasteiger partial charge < -0.3 is 20.1 Å². The molecule has 0 bridgehead atoms. The zero-order valence-corrected chi connectivity index (χ0v) is 15.5. The molecule has 0 aromatic heterocycles. The summed E-state index contributed by atoms with van der Waals surface area (Å²) in [5.41, 5.74) is 0.646. The Bertz CT molecular complexity index is 842. The summed E-state index contributed by atoms with van der Waals surface area (Å²) in [6.07, 6.45) is 0.667. The van der Waals surface area contributed by atoms with Crippen molar-refractivity contribution >= 4 is 23.0 Å². The summed E-state index contributed by atoms with van der Waals surface area (Å²) in [5.74, 6) is 0.0794. The first-order valence-corrected chi connectivity index (χ1v) is 8.58. The van der Waals surface area contributed by atoms with E-state index in [1.807, 2.05) is 32.0 Å². The summed E-state index contributed by atoms with van der Waals surface area (Å²) >= 11 is 5.31.